The van der Waals surface area contributed by atoms with Gasteiger partial charge in [0.15, 0.2) is 0 Å². The standard InChI is InChI=1S/C14H23N3/c1-15-12-13-6-3-4-7-14(13)17-9-5-8-16(2)10-11-17/h3-4,6-7,15H,5,8-12H2,1-2H3. The van der Waals surface area contributed by atoms with Crippen molar-refractivity contribution >= 4 is 5.69 Å². The zero-order chi connectivity index (χ0) is 12.1. The molecule has 0 aromatic heterocycles. The van der Waals surface area contributed by atoms with Gasteiger partial charge in [0.05, 0.1) is 0 Å². The fourth-order valence-electron chi connectivity index (χ4n) is 2.45. The third-order valence-corrected chi connectivity index (χ3v) is 3.42. The van der Waals surface area contributed by atoms with E-state index in [1.807, 2.05) is 7.05 Å². The van der Waals surface area contributed by atoms with Crippen LogP contribution in [-0.2, 0) is 6.54 Å². The molecule has 17 heavy (non-hydrogen) atoms. The first kappa shape index (κ1) is 12.4. The van der Waals surface area contributed by atoms with Gasteiger partial charge in [-0.05, 0) is 38.7 Å². The minimum absolute atomic E-state index is 0.947. The van der Waals surface area contributed by atoms with Crippen molar-refractivity contribution in [2.45, 2.75) is 13.0 Å². The van der Waals surface area contributed by atoms with Gasteiger partial charge in [-0.1, -0.05) is 18.2 Å². The summed E-state index contributed by atoms with van der Waals surface area (Å²) in [6.07, 6.45) is 1.25. The largest absolute Gasteiger partial charge is 0.370 e. The van der Waals surface area contributed by atoms with Crippen molar-refractivity contribution in [3.05, 3.63) is 29.8 Å². The molecule has 0 bridgehead atoms. The molecule has 0 atom stereocenters. The third kappa shape index (κ3) is 3.20. The van der Waals surface area contributed by atoms with E-state index in [0.717, 1.165) is 19.6 Å². The summed E-state index contributed by atoms with van der Waals surface area (Å²) in [6, 6.07) is 8.74. The molecule has 94 valence electrons. The molecular formula is C14H23N3. The molecule has 3 nitrogen and oxygen atoms in total. The average Bonchev–Trinajstić information content (AvgIpc) is 2.55. The van der Waals surface area contributed by atoms with Crippen LogP contribution in [0, 0.1) is 0 Å². The number of hydrogen-bond donors (Lipinski definition) is 1. The number of likely N-dealkylation sites (N-methyl/N-ethyl adjacent to an activating group) is 1. The van der Waals surface area contributed by atoms with Crippen molar-refractivity contribution in [1.82, 2.24) is 10.2 Å². The van der Waals surface area contributed by atoms with E-state index in [1.54, 1.807) is 0 Å². The van der Waals surface area contributed by atoms with Gasteiger partial charge in [-0.25, -0.2) is 0 Å². The molecule has 0 radical (unpaired) electrons. The van der Waals surface area contributed by atoms with E-state index < -0.39 is 0 Å². The Kier molecular flexibility index (Phi) is 4.40. The highest BCUT2D eigenvalue weighted by atomic mass is 15.2. The summed E-state index contributed by atoms with van der Waals surface area (Å²) in [7, 11) is 4.22. The fraction of sp³-hybridized carbons (Fsp3) is 0.571. The first-order chi connectivity index (χ1) is 8.31. The van der Waals surface area contributed by atoms with Crippen LogP contribution >= 0.6 is 0 Å². The Labute approximate surface area is 104 Å². The molecule has 0 unspecified atom stereocenters. The van der Waals surface area contributed by atoms with Gasteiger partial charge in [0.25, 0.3) is 0 Å². The van der Waals surface area contributed by atoms with Gasteiger partial charge in [-0.15, -0.1) is 0 Å². The quantitative estimate of drug-likeness (QED) is 0.854. The molecule has 1 saturated heterocycles. The van der Waals surface area contributed by atoms with Crippen LogP contribution in [-0.4, -0.2) is 45.2 Å². The molecule has 0 amide bonds. The Morgan fingerprint density at radius 3 is 2.76 bits per heavy atom. The van der Waals surface area contributed by atoms with Gasteiger partial charge in [0.2, 0.25) is 0 Å². The van der Waals surface area contributed by atoms with Crippen molar-refractivity contribution in [1.29, 1.82) is 0 Å². The lowest BCUT2D eigenvalue weighted by molar-refractivity contribution is 0.360. The Balaban J connectivity index is 2.14. The summed E-state index contributed by atoms with van der Waals surface area (Å²) < 4.78 is 0. The molecule has 1 N–H and O–H groups in total. The van der Waals surface area contributed by atoms with Gasteiger partial charge in [0, 0.05) is 31.9 Å². The van der Waals surface area contributed by atoms with Gasteiger partial charge >= 0.3 is 0 Å². The van der Waals surface area contributed by atoms with Gasteiger partial charge in [-0.2, -0.15) is 0 Å². The number of hydrogen-bond acceptors (Lipinski definition) is 3. The zero-order valence-electron chi connectivity index (χ0n) is 10.9. The fourth-order valence-corrected chi connectivity index (χ4v) is 2.45. The zero-order valence-corrected chi connectivity index (χ0v) is 10.9. The number of anilines is 1. The number of para-hydroxylation sites is 1. The molecule has 3 heteroatoms. The molecule has 1 aromatic carbocycles. The second-order valence-corrected chi connectivity index (χ2v) is 4.80. The van der Waals surface area contributed by atoms with Crippen LogP contribution in [0.2, 0.25) is 0 Å². The lowest BCUT2D eigenvalue weighted by Gasteiger charge is -2.25. The van der Waals surface area contributed by atoms with Crippen LogP contribution in [0.15, 0.2) is 24.3 Å². The maximum atomic E-state index is 3.25. The summed E-state index contributed by atoms with van der Waals surface area (Å²) in [5.74, 6) is 0. The highest BCUT2D eigenvalue weighted by Gasteiger charge is 2.14. The molecule has 1 aliphatic rings. The SMILES string of the molecule is CNCc1ccccc1N1CCCN(C)CC1. The smallest absolute Gasteiger partial charge is 0.0412 e. The molecule has 1 heterocycles. The molecule has 1 aromatic rings. The van der Waals surface area contributed by atoms with Gasteiger partial charge < -0.3 is 15.1 Å². The Morgan fingerprint density at radius 2 is 1.94 bits per heavy atom. The first-order valence-corrected chi connectivity index (χ1v) is 6.47. The Bertz CT molecular complexity index is 351. The lowest BCUT2D eigenvalue weighted by atomic mass is 10.1. The van der Waals surface area contributed by atoms with E-state index in [-0.39, 0.29) is 0 Å². The molecule has 0 spiro atoms. The van der Waals surface area contributed by atoms with Crippen molar-refractivity contribution in [2.75, 3.05) is 45.2 Å². The summed E-state index contributed by atoms with van der Waals surface area (Å²) >= 11 is 0. The van der Waals surface area contributed by atoms with Crippen LogP contribution in [0.25, 0.3) is 0 Å². The van der Waals surface area contributed by atoms with Crippen LogP contribution in [0.3, 0.4) is 0 Å². The monoisotopic (exact) mass is 233 g/mol. The predicted molar refractivity (Wildman–Crippen MR) is 73.5 cm³/mol. The second kappa shape index (κ2) is 6.03. The van der Waals surface area contributed by atoms with Crippen LogP contribution in [0.5, 0.6) is 0 Å². The molecule has 2 rings (SSSR count). The van der Waals surface area contributed by atoms with Crippen LogP contribution in [0.4, 0.5) is 5.69 Å². The number of nitrogens with one attached hydrogen (secondary N) is 1. The Morgan fingerprint density at radius 1 is 1.12 bits per heavy atom. The molecule has 1 fully saturated rings. The van der Waals surface area contributed by atoms with Gasteiger partial charge in [-0.3, -0.25) is 0 Å². The number of nitrogens with zero attached hydrogens (tertiary/aromatic N) is 2. The second-order valence-electron chi connectivity index (χ2n) is 4.80. The highest BCUT2D eigenvalue weighted by molar-refractivity contribution is 5.53. The molecule has 0 aliphatic carbocycles. The van der Waals surface area contributed by atoms with Crippen molar-refractivity contribution in [3.8, 4) is 0 Å². The van der Waals surface area contributed by atoms with Crippen molar-refractivity contribution in [3.63, 3.8) is 0 Å². The minimum atomic E-state index is 0.947. The van der Waals surface area contributed by atoms with E-state index in [2.05, 4.69) is 46.4 Å². The number of benzene rings is 1. The van der Waals surface area contributed by atoms with Crippen molar-refractivity contribution in [2.24, 2.45) is 0 Å². The summed E-state index contributed by atoms with van der Waals surface area (Å²) in [5.41, 5.74) is 2.80. The normalized spacial score (nSPS) is 18.1. The minimum Gasteiger partial charge on any atom is -0.370 e. The first-order valence-electron chi connectivity index (χ1n) is 6.47. The third-order valence-electron chi connectivity index (χ3n) is 3.42. The van der Waals surface area contributed by atoms with E-state index in [4.69, 9.17) is 0 Å². The maximum Gasteiger partial charge on any atom is 0.0412 e. The molecular weight excluding hydrogens is 210 g/mol. The number of rotatable bonds is 3. The molecule has 0 saturated carbocycles. The molecule has 1 aliphatic heterocycles. The van der Waals surface area contributed by atoms with Gasteiger partial charge in [0.1, 0.15) is 0 Å². The van der Waals surface area contributed by atoms with Crippen LogP contribution in [0.1, 0.15) is 12.0 Å². The van der Waals surface area contributed by atoms with Crippen molar-refractivity contribution < 1.29 is 0 Å². The maximum absolute atomic E-state index is 3.25. The predicted octanol–water partition coefficient (Wildman–Crippen LogP) is 1.55. The lowest BCUT2D eigenvalue weighted by Crippen LogP contribution is -2.29. The van der Waals surface area contributed by atoms with E-state index in [1.165, 1.54) is 30.8 Å². The van der Waals surface area contributed by atoms with E-state index in [0.29, 0.717) is 0 Å². The summed E-state index contributed by atoms with van der Waals surface area (Å²) in [5, 5.41) is 3.25. The summed E-state index contributed by atoms with van der Waals surface area (Å²) in [4.78, 5) is 4.94. The highest BCUT2D eigenvalue weighted by Crippen LogP contribution is 2.21. The Hall–Kier alpha value is -1.06. The average molecular weight is 233 g/mol. The topological polar surface area (TPSA) is 18.5 Å². The van der Waals surface area contributed by atoms with E-state index >= 15 is 0 Å². The van der Waals surface area contributed by atoms with E-state index in [9.17, 15) is 0 Å². The summed E-state index contributed by atoms with van der Waals surface area (Å²) in [6.45, 7) is 5.63. The van der Waals surface area contributed by atoms with Crippen LogP contribution < -0.4 is 10.2 Å².